The minimum atomic E-state index is -0.482. The van der Waals surface area contributed by atoms with Gasteiger partial charge in [-0.05, 0) is 30.0 Å². The molecule has 0 radical (unpaired) electrons. The smallest absolute Gasteiger partial charge is 0.350 e. The average molecular weight is 291 g/mol. The van der Waals surface area contributed by atoms with Crippen molar-refractivity contribution in [1.29, 1.82) is 0 Å². The minimum absolute atomic E-state index is 0.348. The summed E-state index contributed by atoms with van der Waals surface area (Å²) in [5.41, 5.74) is 1.26. The molecule has 0 saturated heterocycles. The molecule has 0 bridgehead atoms. The molecule has 0 spiro atoms. The van der Waals surface area contributed by atoms with Crippen molar-refractivity contribution in [3.05, 3.63) is 40.2 Å². The maximum atomic E-state index is 11.9. The second-order valence-corrected chi connectivity index (χ2v) is 4.82. The Morgan fingerprint density at radius 2 is 2.10 bits per heavy atom. The van der Waals surface area contributed by atoms with E-state index in [1.807, 2.05) is 13.0 Å². The van der Waals surface area contributed by atoms with Crippen molar-refractivity contribution in [1.82, 2.24) is 4.98 Å². The first kappa shape index (κ1) is 14.0. The summed E-state index contributed by atoms with van der Waals surface area (Å²) in [5, 5.41) is 6.93. The van der Waals surface area contributed by atoms with E-state index in [9.17, 15) is 9.59 Å². The molecule has 2 N–H and O–H groups in total. The van der Waals surface area contributed by atoms with Crippen molar-refractivity contribution in [3.8, 4) is 0 Å². The number of aryl methyl sites for hydroxylation is 1. The Hall–Kier alpha value is -2.41. The molecule has 0 saturated carbocycles. The fourth-order valence-electron chi connectivity index (χ4n) is 1.54. The zero-order valence-electron chi connectivity index (χ0n) is 11.0. The molecule has 2 aromatic heterocycles. The van der Waals surface area contributed by atoms with Gasteiger partial charge < -0.3 is 10.1 Å². The number of amides is 2. The van der Waals surface area contributed by atoms with Gasteiger partial charge in [-0.15, -0.1) is 11.3 Å². The largest absolute Gasteiger partial charge is 0.465 e. The molecule has 6 nitrogen and oxygen atoms in total. The van der Waals surface area contributed by atoms with Crippen molar-refractivity contribution in [2.75, 3.05) is 17.7 Å². The van der Waals surface area contributed by atoms with Crippen LogP contribution >= 0.6 is 11.3 Å². The molecule has 0 fully saturated rings. The quantitative estimate of drug-likeness (QED) is 0.852. The van der Waals surface area contributed by atoms with Crippen LogP contribution in [0, 0.1) is 6.92 Å². The minimum Gasteiger partial charge on any atom is -0.465 e. The maximum Gasteiger partial charge on any atom is 0.350 e. The molecule has 2 amide bonds. The molecule has 0 unspecified atom stereocenters. The molecule has 104 valence electrons. The fourth-order valence-corrected chi connectivity index (χ4v) is 2.30. The number of carbonyl (C=O) groups is 2. The van der Waals surface area contributed by atoms with E-state index in [2.05, 4.69) is 20.4 Å². The Balaban J connectivity index is 2.08. The van der Waals surface area contributed by atoms with Crippen molar-refractivity contribution in [2.45, 2.75) is 6.92 Å². The molecule has 20 heavy (non-hydrogen) atoms. The van der Waals surface area contributed by atoms with Crippen LogP contribution < -0.4 is 10.6 Å². The molecule has 0 aliphatic carbocycles. The number of aromatic nitrogens is 1. The topological polar surface area (TPSA) is 80.3 Å². The van der Waals surface area contributed by atoms with Crippen molar-refractivity contribution >= 4 is 34.8 Å². The molecule has 0 aliphatic heterocycles. The highest BCUT2D eigenvalue weighted by Crippen LogP contribution is 2.23. The third-order valence-electron chi connectivity index (χ3n) is 2.53. The predicted molar refractivity (Wildman–Crippen MR) is 77.3 cm³/mol. The van der Waals surface area contributed by atoms with Crippen LogP contribution in [0.1, 0.15) is 15.2 Å². The first-order valence-electron chi connectivity index (χ1n) is 5.77. The zero-order chi connectivity index (χ0) is 14.5. The molecular weight excluding hydrogens is 278 g/mol. The SMILES string of the molecule is COC(=O)c1sccc1NC(=O)Nc1ncccc1C. The third kappa shape index (κ3) is 3.12. The molecule has 7 heteroatoms. The first-order valence-corrected chi connectivity index (χ1v) is 6.65. The van der Waals surface area contributed by atoms with Crippen LogP contribution in [0.3, 0.4) is 0 Å². The summed E-state index contributed by atoms with van der Waals surface area (Å²) in [4.78, 5) is 27.8. The standard InChI is InChI=1S/C13H13N3O3S/c1-8-4-3-6-14-11(8)16-13(18)15-9-5-7-20-10(9)12(17)19-2/h3-7H,1-2H3,(H2,14,15,16,18). The Labute approximate surface area is 119 Å². The highest BCUT2D eigenvalue weighted by Gasteiger charge is 2.15. The van der Waals surface area contributed by atoms with Crippen LogP contribution in [-0.2, 0) is 4.74 Å². The summed E-state index contributed by atoms with van der Waals surface area (Å²) < 4.78 is 4.64. The Morgan fingerprint density at radius 1 is 1.30 bits per heavy atom. The molecule has 0 aromatic carbocycles. The number of rotatable bonds is 3. The number of hydrogen-bond acceptors (Lipinski definition) is 5. The van der Waals surface area contributed by atoms with Crippen LogP contribution in [0.5, 0.6) is 0 Å². The van der Waals surface area contributed by atoms with E-state index < -0.39 is 12.0 Å². The Morgan fingerprint density at radius 3 is 2.80 bits per heavy atom. The Kier molecular flexibility index (Phi) is 4.31. The van der Waals surface area contributed by atoms with E-state index in [4.69, 9.17) is 0 Å². The highest BCUT2D eigenvalue weighted by molar-refractivity contribution is 7.12. The monoisotopic (exact) mass is 291 g/mol. The predicted octanol–water partition coefficient (Wildman–Crippen LogP) is 2.88. The van der Waals surface area contributed by atoms with Crippen molar-refractivity contribution < 1.29 is 14.3 Å². The lowest BCUT2D eigenvalue weighted by Crippen LogP contribution is -2.21. The van der Waals surface area contributed by atoms with Gasteiger partial charge >= 0.3 is 12.0 Å². The number of ether oxygens (including phenoxy) is 1. The summed E-state index contributed by atoms with van der Waals surface area (Å²) in [6.07, 6.45) is 1.59. The average Bonchev–Trinajstić information content (AvgIpc) is 2.88. The highest BCUT2D eigenvalue weighted by atomic mass is 32.1. The first-order chi connectivity index (χ1) is 9.61. The van der Waals surface area contributed by atoms with Crippen LogP contribution in [0.2, 0.25) is 0 Å². The number of nitrogens with one attached hydrogen (secondary N) is 2. The van der Waals surface area contributed by atoms with Crippen LogP contribution in [-0.4, -0.2) is 24.1 Å². The zero-order valence-corrected chi connectivity index (χ0v) is 11.8. The second-order valence-electron chi connectivity index (χ2n) is 3.90. The van der Waals surface area contributed by atoms with Gasteiger partial charge in [-0.2, -0.15) is 0 Å². The molecule has 0 aliphatic rings. The van der Waals surface area contributed by atoms with Gasteiger partial charge in [0.15, 0.2) is 0 Å². The van der Waals surface area contributed by atoms with E-state index in [0.29, 0.717) is 16.4 Å². The van der Waals surface area contributed by atoms with Crippen LogP contribution in [0.15, 0.2) is 29.8 Å². The van der Waals surface area contributed by atoms with Crippen LogP contribution in [0.25, 0.3) is 0 Å². The number of pyridine rings is 1. The van der Waals surface area contributed by atoms with E-state index >= 15 is 0 Å². The summed E-state index contributed by atoms with van der Waals surface area (Å²) >= 11 is 1.20. The maximum absolute atomic E-state index is 11.9. The van der Waals surface area contributed by atoms with E-state index in [0.717, 1.165) is 5.56 Å². The van der Waals surface area contributed by atoms with Gasteiger partial charge in [0.2, 0.25) is 0 Å². The lowest BCUT2D eigenvalue weighted by molar-refractivity contribution is 0.0607. The van der Waals surface area contributed by atoms with Gasteiger partial charge in [-0.1, -0.05) is 6.07 Å². The molecule has 0 atom stereocenters. The summed E-state index contributed by atoms with van der Waals surface area (Å²) in [7, 11) is 1.29. The van der Waals surface area contributed by atoms with E-state index in [1.165, 1.54) is 18.4 Å². The van der Waals surface area contributed by atoms with Crippen LogP contribution in [0.4, 0.5) is 16.3 Å². The Bertz CT molecular complexity index is 639. The lowest BCUT2D eigenvalue weighted by atomic mass is 10.3. The number of urea groups is 1. The van der Waals surface area contributed by atoms with Gasteiger partial charge in [0.05, 0.1) is 12.8 Å². The van der Waals surface area contributed by atoms with Gasteiger partial charge in [0, 0.05) is 6.20 Å². The summed E-state index contributed by atoms with van der Waals surface area (Å²) in [6, 6.07) is 4.80. The molecule has 2 rings (SSSR count). The van der Waals surface area contributed by atoms with Crippen molar-refractivity contribution in [2.24, 2.45) is 0 Å². The second kappa shape index (κ2) is 6.16. The van der Waals surface area contributed by atoms with Gasteiger partial charge in [0.25, 0.3) is 0 Å². The van der Waals surface area contributed by atoms with Crippen molar-refractivity contribution in [3.63, 3.8) is 0 Å². The van der Waals surface area contributed by atoms with Gasteiger partial charge in [-0.3, -0.25) is 5.32 Å². The number of esters is 1. The number of hydrogen-bond donors (Lipinski definition) is 2. The summed E-state index contributed by atoms with van der Waals surface area (Å²) in [5.74, 6) is -0.0100. The number of nitrogens with zero attached hydrogens (tertiary/aromatic N) is 1. The molecular formula is C13H13N3O3S. The summed E-state index contributed by atoms with van der Waals surface area (Å²) in [6.45, 7) is 1.84. The van der Waals surface area contributed by atoms with E-state index in [1.54, 1.807) is 23.7 Å². The number of methoxy groups -OCH3 is 1. The van der Waals surface area contributed by atoms with E-state index in [-0.39, 0.29) is 0 Å². The van der Waals surface area contributed by atoms with Gasteiger partial charge in [-0.25, -0.2) is 14.6 Å². The third-order valence-corrected chi connectivity index (χ3v) is 3.42. The number of anilines is 2. The lowest BCUT2D eigenvalue weighted by Gasteiger charge is -2.08. The number of carbonyl (C=O) groups excluding carboxylic acids is 2. The van der Waals surface area contributed by atoms with Gasteiger partial charge in [0.1, 0.15) is 10.7 Å². The normalized spacial score (nSPS) is 9.90. The number of thiophene rings is 1. The molecule has 2 heterocycles. The fraction of sp³-hybridized carbons (Fsp3) is 0.154. The molecule has 2 aromatic rings.